The molecule has 1 heterocycles. The minimum Gasteiger partial charge on any atom is -0.483 e. The number of carbonyl (C=O) groups is 1. The third kappa shape index (κ3) is 5.37. The molecule has 3 N–H and O–H groups in total. The monoisotopic (exact) mass is 393 g/mol. The van der Waals surface area contributed by atoms with Crippen LogP contribution in [0.5, 0.6) is 5.75 Å². The number of rotatable bonds is 9. The van der Waals surface area contributed by atoms with Crippen LogP contribution in [0.1, 0.15) is 29.9 Å². The summed E-state index contributed by atoms with van der Waals surface area (Å²) in [5, 5.41) is 2.96. The summed E-state index contributed by atoms with van der Waals surface area (Å²) in [6.07, 6.45) is 2.46. The summed E-state index contributed by atoms with van der Waals surface area (Å²) in [6.45, 7) is 4.31. The normalized spacial score (nSPS) is 21.8. The third-order valence-corrected chi connectivity index (χ3v) is 6.06. The summed E-state index contributed by atoms with van der Waals surface area (Å²) in [7, 11) is 0. The highest BCUT2D eigenvalue weighted by molar-refractivity contribution is 5.77. The Morgan fingerprint density at radius 2 is 1.83 bits per heavy atom. The van der Waals surface area contributed by atoms with Crippen molar-refractivity contribution in [1.82, 2.24) is 10.2 Å². The maximum atomic E-state index is 12.0. The van der Waals surface area contributed by atoms with Gasteiger partial charge in [0.2, 0.25) is 0 Å². The van der Waals surface area contributed by atoms with Crippen LogP contribution in [-0.4, -0.2) is 43.6 Å². The van der Waals surface area contributed by atoms with E-state index in [1.807, 2.05) is 18.2 Å². The molecule has 1 saturated heterocycles. The van der Waals surface area contributed by atoms with Gasteiger partial charge in [0.15, 0.2) is 6.61 Å². The van der Waals surface area contributed by atoms with Crippen molar-refractivity contribution in [3.63, 3.8) is 0 Å². The van der Waals surface area contributed by atoms with Gasteiger partial charge in [0.05, 0.1) is 0 Å². The fourth-order valence-electron chi connectivity index (χ4n) is 4.20. The Morgan fingerprint density at radius 1 is 1.07 bits per heavy atom. The largest absolute Gasteiger partial charge is 0.483 e. The first-order valence-electron chi connectivity index (χ1n) is 10.7. The lowest BCUT2D eigenvalue weighted by atomic mass is 9.89. The minimum atomic E-state index is -0.0415. The van der Waals surface area contributed by atoms with Crippen LogP contribution in [0.25, 0.3) is 0 Å². The Bertz CT molecular complexity index is 807. The van der Waals surface area contributed by atoms with E-state index in [2.05, 4.69) is 46.6 Å². The van der Waals surface area contributed by atoms with E-state index in [4.69, 9.17) is 10.5 Å². The van der Waals surface area contributed by atoms with Gasteiger partial charge in [-0.05, 0) is 42.9 Å². The molecule has 0 aromatic heterocycles. The van der Waals surface area contributed by atoms with Gasteiger partial charge in [-0.15, -0.1) is 0 Å². The van der Waals surface area contributed by atoms with E-state index in [0.29, 0.717) is 24.3 Å². The number of nitrogens with two attached hydrogens (primary N) is 1. The molecule has 5 heteroatoms. The Kier molecular flexibility index (Phi) is 6.47. The summed E-state index contributed by atoms with van der Waals surface area (Å²) in [5.41, 5.74) is 8.57. The summed E-state index contributed by atoms with van der Waals surface area (Å²) in [6, 6.07) is 18.7. The molecule has 0 spiro atoms. The van der Waals surface area contributed by atoms with E-state index in [9.17, 15) is 4.79 Å². The average Bonchev–Trinajstić information content (AvgIpc) is 3.50. The zero-order valence-corrected chi connectivity index (χ0v) is 16.9. The smallest absolute Gasteiger partial charge is 0.257 e. The van der Waals surface area contributed by atoms with Crippen molar-refractivity contribution >= 4 is 5.91 Å². The molecule has 29 heavy (non-hydrogen) atoms. The van der Waals surface area contributed by atoms with Gasteiger partial charge in [0, 0.05) is 37.7 Å². The second kappa shape index (κ2) is 9.42. The second-order valence-electron chi connectivity index (χ2n) is 8.35. The van der Waals surface area contributed by atoms with Gasteiger partial charge in [-0.2, -0.15) is 0 Å². The molecule has 4 rings (SSSR count). The molecule has 0 unspecified atom stereocenters. The van der Waals surface area contributed by atoms with Gasteiger partial charge < -0.3 is 15.8 Å². The minimum absolute atomic E-state index is 0.0415. The number of para-hydroxylation sites is 1. The van der Waals surface area contributed by atoms with Crippen molar-refractivity contribution < 1.29 is 9.53 Å². The van der Waals surface area contributed by atoms with E-state index >= 15 is 0 Å². The van der Waals surface area contributed by atoms with Crippen LogP contribution in [-0.2, 0) is 11.3 Å². The molecular weight excluding hydrogens is 362 g/mol. The van der Waals surface area contributed by atoms with Gasteiger partial charge in [-0.1, -0.05) is 48.5 Å². The topological polar surface area (TPSA) is 67.6 Å². The Morgan fingerprint density at radius 3 is 2.59 bits per heavy atom. The first kappa shape index (κ1) is 19.9. The van der Waals surface area contributed by atoms with Gasteiger partial charge >= 0.3 is 0 Å². The number of nitrogens with zero attached hydrogens (tertiary/aromatic N) is 1. The van der Waals surface area contributed by atoms with E-state index in [1.54, 1.807) is 0 Å². The number of ether oxygens (including phenoxy) is 1. The highest BCUT2D eigenvalue weighted by Gasteiger charge is 2.33. The first-order valence-corrected chi connectivity index (χ1v) is 10.7. The Labute approximate surface area is 173 Å². The van der Waals surface area contributed by atoms with Crippen molar-refractivity contribution in [2.45, 2.75) is 25.3 Å². The summed E-state index contributed by atoms with van der Waals surface area (Å²) in [5.74, 6) is 2.34. The maximum absolute atomic E-state index is 12.0. The zero-order valence-electron chi connectivity index (χ0n) is 16.9. The van der Waals surface area contributed by atoms with Crippen LogP contribution in [0.2, 0.25) is 0 Å². The molecular formula is C24H31N3O2. The summed E-state index contributed by atoms with van der Waals surface area (Å²) in [4.78, 5) is 14.5. The maximum Gasteiger partial charge on any atom is 0.257 e. The lowest BCUT2D eigenvalue weighted by molar-refractivity contribution is -0.123. The quantitative estimate of drug-likeness (QED) is 0.687. The number of likely N-dealkylation sites (tertiary alicyclic amines) is 1. The third-order valence-electron chi connectivity index (χ3n) is 6.06. The van der Waals surface area contributed by atoms with E-state index in [0.717, 1.165) is 37.5 Å². The highest BCUT2D eigenvalue weighted by Crippen LogP contribution is 2.33. The van der Waals surface area contributed by atoms with Gasteiger partial charge in [-0.3, -0.25) is 9.69 Å². The van der Waals surface area contributed by atoms with E-state index < -0.39 is 0 Å². The first-order chi connectivity index (χ1) is 14.2. The molecule has 1 aliphatic heterocycles. The molecule has 1 aliphatic carbocycles. The lowest BCUT2D eigenvalue weighted by Crippen LogP contribution is -2.30. The average molecular weight is 394 g/mol. The van der Waals surface area contributed by atoms with Crippen LogP contribution in [0.4, 0.5) is 0 Å². The van der Waals surface area contributed by atoms with E-state index in [-0.39, 0.29) is 12.5 Å². The molecule has 2 fully saturated rings. The molecule has 0 bridgehead atoms. The van der Waals surface area contributed by atoms with Crippen molar-refractivity contribution in [2.24, 2.45) is 17.6 Å². The van der Waals surface area contributed by atoms with Crippen LogP contribution < -0.4 is 15.8 Å². The van der Waals surface area contributed by atoms with Crippen LogP contribution in [0, 0.1) is 11.8 Å². The van der Waals surface area contributed by atoms with Crippen LogP contribution >= 0.6 is 0 Å². The standard InChI is InChI=1S/C24H31N3O2/c25-12-21-15-27(16-22(21)19-6-2-1-3-7-19)14-20-8-4-5-9-23(20)29-17-24(28)26-13-18-10-11-18/h1-9,18,21-22H,10-17,25H2,(H,26,28)/t21-,22+/m1/s1. The van der Waals surface area contributed by atoms with E-state index in [1.165, 1.54) is 18.4 Å². The van der Waals surface area contributed by atoms with Crippen LogP contribution in [0.3, 0.4) is 0 Å². The molecule has 0 radical (unpaired) electrons. The lowest BCUT2D eigenvalue weighted by Gasteiger charge is -2.18. The number of benzene rings is 2. The highest BCUT2D eigenvalue weighted by atomic mass is 16.5. The number of nitrogens with one attached hydrogen (secondary N) is 1. The molecule has 2 aliphatic rings. The molecule has 2 aromatic rings. The number of hydrogen-bond acceptors (Lipinski definition) is 4. The van der Waals surface area contributed by atoms with Crippen molar-refractivity contribution in [3.05, 3.63) is 65.7 Å². The van der Waals surface area contributed by atoms with Crippen LogP contribution in [0.15, 0.2) is 54.6 Å². The van der Waals surface area contributed by atoms with Gasteiger partial charge in [0.25, 0.3) is 5.91 Å². The fraction of sp³-hybridized carbons (Fsp3) is 0.458. The van der Waals surface area contributed by atoms with Crippen molar-refractivity contribution in [2.75, 3.05) is 32.8 Å². The van der Waals surface area contributed by atoms with Gasteiger partial charge in [0.1, 0.15) is 5.75 Å². The molecule has 1 amide bonds. The predicted octanol–water partition coefficient (Wildman–Crippen LogP) is 2.77. The SMILES string of the molecule is NC[C@@H]1CN(Cc2ccccc2OCC(=O)NCC2CC2)C[C@H]1c1ccccc1. The number of amides is 1. The molecule has 1 saturated carbocycles. The number of hydrogen-bond donors (Lipinski definition) is 2. The predicted molar refractivity (Wildman–Crippen MR) is 115 cm³/mol. The molecule has 5 nitrogen and oxygen atoms in total. The zero-order chi connectivity index (χ0) is 20.1. The van der Waals surface area contributed by atoms with Crippen molar-refractivity contribution in [3.8, 4) is 5.75 Å². The summed E-state index contributed by atoms with van der Waals surface area (Å²) >= 11 is 0. The van der Waals surface area contributed by atoms with Gasteiger partial charge in [-0.25, -0.2) is 0 Å². The molecule has 154 valence electrons. The Hall–Kier alpha value is -2.37. The summed E-state index contributed by atoms with van der Waals surface area (Å²) < 4.78 is 5.86. The fourth-order valence-corrected chi connectivity index (χ4v) is 4.20. The molecule has 2 atom stereocenters. The Balaban J connectivity index is 1.36. The number of carbonyl (C=O) groups excluding carboxylic acids is 1. The molecule has 2 aromatic carbocycles. The van der Waals surface area contributed by atoms with Crippen molar-refractivity contribution in [1.29, 1.82) is 0 Å². The second-order valence-corrected chi connectivity index (χ2v) is 8.35.